The Hall–Kier alpha value is -1.08. The lowest BCUT2D eigenvalue weighted by Gasteiger charge is -2.20. The molecule has 0 unspecified atom stereocenters. The minimum atomic E-state index is 0.220. The molecule has 0 radical (unpaired) electrons. The van der Waals surface area contributed by atoms with Gasteiger partial charge in [0.25, 0.3) is 0 Å². The first-order chi connectivity index (χ1) is 9.70. The Morgan fingerprint density at radius 2 is 1.57 bits per heavy atom. The van der Waals surface area contributed by atoms with Crippen LogP contribution in [0.25, 0.3) is 10.4 Å². The molecular weight excluding hydrogens is 272 g/mol. The fourth-order valence-electron chi connectivity index (χ4n) is 2.61. The molecule has 1 aromatic heterocycles. The third kappa shape index (κ3) is 3.58. The number of rotatable bonds is 3. The molecule has 0 aliphatic heterocycles. The van der Waals surface area contributed by atoms with Crippen molar-refractivity contribution in [2.45, 2.75) is 65.7 Å². The molecular formula is C20H28S. The first kappa shape index (κ1) is 16.3. The van der Waals surface area contributed by atoms with Crippen LogP contribution in [0, 0.1) is 0 Å². The van der Waals surface area contributed by atoms with Gasteiger partial charge in [-0.05, 0) is 40.0 Å². The summed E-state index contributed by atoms with van der Waals surface area (Å²) in [5.74, 6) is 1.16. The van der Waals surface area contributed by atoms with Crippen molar-refractivity contribution >= 4 is 11.3 Å². The summed E-state index contributed by atoms with van der Waals surface area (Å²) >= 11 is 1.97. The SMILES string of the molecule is CC(C)c1cccc(-c2cc(C(C)C)c(C(C)(C)C)s2)c1. The lowest BCUT2D eigenvalue weighted by molar-refractivity contribution is 0.592. The summed E-state index contributed by atoms with van der Waals surface area (Å²) in [7, 11) is 0. The minimum Gasteiger partial charge on any atom is -0.139 e. The van der Waals surface area contributed by atoms with Crippen molar-refractivity contribution in [3.8, 4) is 10.4 Å². The van der Waals surface area contributed by atoms with Crippen LogP contribution < -0.4 is 0 Å². The Balaban J connectivity index is 2.53. The molecule has 0 spiro atoms. The Labute approximate surface area is 134 Å². The zero-order valence-corrected chi connectivity index (χ0v) is 15.3. The van der Waals surface area contributed by atoms with Crippen molar-refractivity contribution in [3.05, 3.63) is 46.3 Å². The van der Waals surface area contributed by atoms with E-state index in [4.69, 9.17) is 0 Å². The van der Waals surface area contributed by atoms with E-state index >= 15 is 0 Å². The minimum absolute atomic E-state index is 0.220. The highest BCUT2D eigenvalue weighted by atomic mass is 32.1. The zero-order valence-electron chi connectivity index (χ0n) is 14.4. The van der Waals surface area contributed by atoms with Crippen LogP contribution in [-0.4, -0.2) is 0 Å². The summed E-state index contributed by atoms with van der Waals surface area (Å²) in [4.78, 5) is 2.94. The Bertz CT molecular complexity index is 609. The molecule has 1 aromatic carbocycles. The van der Waals surface area contributed by atoms with Gasteiger partial charge in [0.15, 0.2) is 0 Å². The molecule has 0 saturated heterocycles. The van der Waals surface area contributed by atoms with Crippen molar-refractivity contribution in [2.24, 2.45) is 0 Å². The molecule has 1 heteroatoms. The monoisotopic (exact) mass is 300 g/mol. The van der Waals surface area contributed by atoms with Crippen LogP contribution in [0.1, 0.15) is 76.3 Å². The van der Waals surface area contributed by atoms with Gasteiger partial charge < -0.3 is 0 Å². The van der Waals surface area contributed by atoms with Crippen LogP contribution in [-0.2, 0) is 5.41 Å². The number of hydrogen-bond acceptors (Lipinski definition) is 1. The second kappa shape index (κ2) is 5.96. The van der Waals surface area contributed by atoms with E-state index < -0.39 is 0 Å². The summed E-state index contributed by atoms with van der Waals surface area (Å²) in [5, 5.41) is 0. The molecule has 2 aromatic rings. The van der Waals surface area contributed by atoms with Gasteiger partial charge >= 0.3 is 0 Å². The summed E-state index contributed by atoms with van der Waals surface area (Å²) in [6.45, 7) is 16.1. The smallest absolute Gasteiger partial charge is 0.0348 e. The molecule has 0 aliphatic rings. The molecule has 21 heavy (non-hydrogen) atoms. The van der Waals surface area contributed by atoms with Crippen molar-refractivity contribution in [1.82, 2.24) is 0 Å². The van der Waals surface area contributed by atoms with Crippen LogP contribution in [0.3, 0.4) is 0 Å². The molecule has 0 fully saturated rings. The van der Waals surface area contributed by atoms with Crippen LogP contribution in [0.2, 0.25) is 0 Å². The molecule has 0 N–H and O–H groups in total. The third-order valence-corrected chi connectivity index (χ3v) is 5.53. The largest absolute Gasteiger partial charge is 0.139 e. The van der Waals surface area contributed by atoms with Crippen molar-refractivity contribution in [3.63, 3.8) is 0 Å². The molecule has 2 rings (SSSR count). The summed E-state index contributed by atoms with van der Waals surface area (Å²) in [6.07, 6.45) is 0. The number of benzene rings is 1. The van der Waals surface area contributed by atoms with Gasteiger partial charge in [-0.2, -0.15) is 0 Å². The Morgan fingerprint density at radius 3 is 2.05 bits per heavy atom. The third-order valence-electron chi connectivity index (χ3n) is 3.90. The standard InChI is InChI=1S/C20H28S/c1-13(2)15-9-8-10-16(11-15)18-12-17(14(3)4)19(21-18)20(5,6)7/h8-14H,1-7H3. The number of hydrogen-bond donors (Lipinski definition) is 0. The van der Waals surface area contributed by atoms with Crippen LogP contribution in [0.4, 0.5) is 0 Å². The molecule has 0 nitrogen and oxygen atoms in total. The predicted molar refractivity (Wildman–Crippen MR) is 96.6 cm³/mol. The van der Waals surface area contributed by atoms with Gasteiger partial charge in [0.1, 0.15) is 0 Å². The maximum absolute atomic E-state index is 2.41. The second-order valence-electron chi connectivity index (χ2n) is 7.58. The Morgan fingerprint density at radius 1 is 0.905 bits per heavy atom. The van der Waals surface area contributed by atoms with E-state index in [2.05, 4.69) is 78.8 Å². The average Bonchev–Trinajstić information content (AvgIpc) is 2.84. The fourth-order valence-corrected chi connectivity index (χ4v) is 3.98. The van der Waals surface area contributed by atoms with Crippen LogP contribution in [0.15, 0.2) is 30.3 Å². The lowest BCUT2D eigenvalue weighted by atomic mass is 9.88. The average molecular weight is 301 g/mol. The van der Waals surface area contributed by atoms with E-state index in [-0.39, 0.29) is 5.41 Å². The van der Waals surface area contributed by atoms with Gasteiger partial charge in [-0.3, -0.25) is 0 Å². The highest BCUT2D eigenvalue weighted by molar-refractivity contribution is 7.15. The fraction of sp³-hybridized carbons (Fsp3) is 0.500. The molecule has 1 heterocycles. The topological polar surface area (TPSA) is 0 Å². The zero-order chi connectivity index (χ0) is 15.8. The van der Waals surface area contributed by atoms with Gasteiger partial charge in [-0.25, -0.2) is 0 Å². The molecule has 0 amide bonds. The lowest BCUT2D eigenvalue weighted by Crippen LogP contribution is -2.11. The van der Waals surface area contributed by atoms with E-state index in [9.17, 15) is 0 Å². The molecule has 0 saturated carbocycles. The van der Waals surface area contributed by atoms with E-state index in [0.717, 1.165) is 0 Å². The van der Waals surface area contributed by atoms with Crippen LogP contribution >= 0.6 is 11.3 Å². The summed E-state index contributed by atoms with van der Waals surface area (Å²) in [6, 6.07) is 11.4. The van der Waals surface area contributed by atoms with Gasteiger partial charge in [0, 0.05) is 9.75 Å². The highest BCUT2D eigenvalue weighted by Gasteiger charge is 2.23. The van der Waals surface area contributed by atoms with Gasteiger partial charge in [-0.1, -0.05) is 72.7 Å². The van der Waals surface area contributed by atoms with E-state index in [1.807, 2.05) is 11.3 Å². The van der Waals surface area contributed by atoms with Gasteiger partial charge in [0.05, 0.1) is 0 Å². The van der Waals surface area contributed by atoms with E-state index in [1.54, 1.807) is 0 Å². The van der Waals surface area contributed by atoms with E-state index in [0.29, 0.717) is 11.8 Å². The highest BCUT2D eigenvalue weighted by Crippen LogP contribution is 2.41. The maximum Gasteiger partial charge on any atom is 0.0348 e. The second-order valence-corrected chi connectivity index (χ2v) is 8.63. The van der Waals surface area contributed by atoms with Crippen molar-refractivity contribution < 1.29 is 0 Å². The molecule has 0 atom stereocenters. The number of thiophene rings is 1. The normalized spacial score (nSPS) is 12.4. The van der Waals surface area contributed by atoms with Gasteiger partial charge in [-0.15, -0.1) is 11.3 Å². The predicted octanol–water partition coefficient (Wildman–Crippen LogP) is 6.96. The first-order valence-electron chi connectivity index (χ1n) is 7.94. The summed E-state index contributed by atoms with van der Waals surface area (Å²) < 4.78 is 0. The van der Waals surface area contributed by atoms with Crippen molar-refractivity contribution in [2.75, 3.05) is 0 Å². The maximum atomic E-state index is 2.41. The molecule has 0 aliphatic carbocycles. The molecule has 114 valence electrons. The summed E-state index contributed by atoms with van der Waals surface area (Å²) in [5.41, 5.74) is 4.52. The Kier molecular flexibility index (Phi) is 4.63. The van der Waals surface area contributed by atoms with Crippen LogP contribution in [0.5, 0.6) is 0 Å². The first-order valence-corrected chi connectivity index (χ1v) is 8.76. The van der Waals surface area contributed by atoms with Crippen molar-refractivity contribution in [1.29, 1.82) is 0 Å². The van der Waals surface area contributed by atoms with Gasteiger partial charge in [0.2, 0.25) is 0 Å². The quantitative estimate of drug-likeness (QED) is 0.574. The molecule has 0 bridgehead atoms. The van der Waals surface area contributed by atoms with E-state index in [1.165, 1.54) is 26.4 Å².